The molecule has 0 bridgehead atoms. The van der Waals surface area contributed by atoms with Crippen molar-refractivity contribution in [3.05, 3.63) is 152 Å². The molecule has 3 aromatic heterocycles. The summed E-state index contributed by atoms with van der Waals surface area (Å²) in [6, 6.07) is 51.4. The number of hydrogen-bond acceptors (Lipinski definition) is 3. The Kier molecular flexibility index (Phi) is 5.25. The first-order chi connectivity index (χ1) is 22.8. The molecule has 3 heterocycles. The summed E-state index contributed by atoms with van der Waals surface area (Å²) in [7, 11) is 0. The van der Waals surface area contributed by atoms with Crippen LogP contribution in [0.4, 0.5) is 0 Å². The topological polar surface area (TPSA) is 43.9 Å². The number of aromatic nitrogens is 3. The van der Waals surface area contributed by atoms with Crippen LogP contribution in [0.15, 0.2) is 156 Å². The monoisotopic (exact) mass is 587 g/mol. The zero-order valence-corrected chi connectivity index (χ0v) is 24.7. The highest BCUT2D eigenvalue weighted by atomic mass is 16.3. The Morgan fingerprint density at radius 1 is 0.457 bits per heavy atom. The van der Waals surface area contributed by atoms with Gasteiger partial charge in [-0.15, -0.1) is 0 Å². The van der Waals surface area contributed by atoms with Gasteiger partial charge in [-0.3, -0.25) is 4.57 Å². The summed E-state index contributed by atoms with van der Waals surface area (Å²) >= 11 is 0. The van der Waals surface area contributed by atoms with Gasteiger partial charge in [0, 0.05) is 33.1 Å². The fraction of sp³-hybridized carbons (Fsp3) is 0. The van der Waals surface area contributed by atoms with Crippen molar-refractivity contribution in [2.75, 3.05) is 0 Å². The number of para-hydroxylation sites is 3. The smallest absolute Gasteiger partial charge is 0.235 e. The van der Waals surface area contributed by atoms with Crippen LogP contribution in [0.2, 0.25) is 0 Å². The van der Waals surface area contributed by atoms with Crippen molar-refractivity contribution in [1.29, 1.82) is 0 Å². The molecule has 0 atom stereocenters. The Balaban J connectivity index is 1.07. The molecule has 46 heavy (non-hydrogen) atoms. The minimum atomic E-state index is 0.682. The van der Waals surface area contributed by atoms with Crippen LogP contribution < -0.4 is 0 Å². The first kappa shape index (κ1) is 25.1. The Morgan fingerprint density at radius 2 is 1.15 bits per heavy atom. The maximum atomic E-state index is 6.04. The van der Waals surface area contributed by atoms with E-state index in [-0.39, 0.29) is 0 Å². The van der Waals surface area contributed by atoms with E-state index in [9.17, 15) is 0 Å². The second-order valence-corrected chi connectivity index (χ2v) is 11.9. The average Bonchev–Trinajstić information content (AvgIpc) is 3.67. The van der Waals surface area contributed by atoms with E-state index in [4.69, 9.17) is 14.4 Å². The average molecular weight is 588 g/mol. The molecule has 0 saturated heterocycles. The zero-order valence-electron chi connectivity index (χ0n) is 24.7. The molecule has 0 aliphatic rings. The number of benzene rings is 7. The molecule has 0 spiro atoms. The van der Waals surface area contributed by atoms with Crippen LogP contribution in [0.25, 0.3) is 93.6 Å². The molecule has 10 aromatic rings. The summed E-state index contributed by atoms with van der Waals surface area (Å²) < 4.78 is 8.22. The third-order valence-electron chi connectivity index (χ3n) is 9.26. The molecule has 0 aliphatic heterocycles. The van der Waals surface area contributed by atoms with Gasteiger partial charge < -0.3 is 4.42 Å². The minimum absolute atomic E-state index is 0.682. The number of furan rings is 1. The summed E-state index contributed by atoms with van der Waals surface area (Å²) in [4.78, 5) is 9.74. The lowest BCUT2D eigenvalue weighted by atomic mass is 9.96. The number of nitrogens with zero attached hydrogens (tertiary/aromatic N) is 3. The molecule has 0 fully saturated rings. The van der Waals surface area contributed by atoms with E-state index in [2.05, 4.69) is 114 Å². The van der Waals surface area contributed by atoms with Crippen LogP contribution >= 0.6 is 0 Å². The minimum Gasteiger partial charge on any atom is -0.456 e. The lowest BCUT2D eigenvalue weighted by molar-refractivity contribution is 0.669. The van der Waals surface area contributed by atoms with Gasteiger partial charge in [0.1, 0.15) is 11.2 Å². The van der Waals surface area contributed by atoms with Gasteiger partial charge in [0.25, 0.3) is 0 Å². The van der Waals surface area contributed by atoms with Gasteiger partial charge in [-0.25, -0.2) is 9.97 Å². The molecule has 0 saturated carbocycles. The summed E-state index contributed by atoms with van der Waals surface area (Å²) in [6.45, 7) is 0. The molecule has 4 nitrogen and oxygen atoms in total. The van der Waals surface area contributed by atoms with Gasteiger partial charge in [-0.2, -0.15) is 0 Å². The summed E-state index contributed by atoms with van der Waals surface area (Å²) in [6.07, 6.45) is 1.91. The molecule has 0 aliphatic carbocycles. The number of fused-ring (bicyclic) bond motifs is 9. The van der Waals surface area contributed by atoms with Gasteiger partial charge in [-0.05, 0) is 75.5 Å². The molecule has 10 rings (SSSR count). The third kappa shape index (κ3) is 3.74. The van der Waals surface area contributed by atoms with Crippen LogP contribution in [0.5, 0.6) is 0 Å². The van der Waals surface area contributed by atoms with Crippen LogP contribution in [0.1, 0.15) is 0 Å². The predicted molar refractivity (Wildman–Crippen MR) is 190 cm³/mol. The van der Waals surface area contributed by atoms with Crippen molar-refractivity contribution in [3.8, 4) is 28.2 Å². The summed E-state index contributed by atoms with van der Waals surface area (Å²) in [5.74, 6) is 0.682. The normalized spacial score (nSPS) is 11.9. The van der Waals surface area contributed by atoms with Crippen LogP contribution in [0.3, 0.4) is 0 Å². The zero-order chi connectivity index (χ0) is 30.2. The molecule has 0 radical (unpaired) electrons. The second kappa shape index (κ2) is 9.62. The highest BCUT2D eigenvalue weighted by Gasteiger charge is 2.17. The Hall–Kier alpha value is -6.26. The first-order valence-corrected chi connectivity index (χ1v) is 15.5. The van der Waals surface area contributed by atoms with E-state index in [0.29, 0.717) is 5.95 Å². The van der Waals surface area contributed by atoms with Crippen molar-refractivity contribution in [3.63, 3.8) is 0 Å². The lowest BCUT2D eigenvalue weighted by Gasteiger charge is -2.09. The molecule has 0 amide bonds. The fourth-order valence-electron chi connectivity index (χ4n) is 7.02. The van der Waals surface area contributed by atoms with Crippen LogP contribution in [-0.2, 0) is 0 Å². The lowest BCUT2D eigenvalue weighted by Crippen LogP contribution is -2.00. The van der Waals surface area contributed by atoms with Crippen molar-refractivity contribution < 1.29 is 4.42 Å². The maximum Gasteiger partial charge on any atom is 0.235 e. The number of hydrogen-bond donors (Lipinski definition) is 0. The third-order valence-corrected chi connectivity index (χ3v) is 9.26. The van der Waals surface area contributed by atoms with Crippen molar-refractivity contribution in [2.45, 2.75) is 0 Å². The Bertz CT molecular complexity index is 2810. The number of rotatable bonds is 3. The van der Waals surface area contributed by atoms with E-state index in [1.807, 2.05) is 42.6 Å². The van der Waals surface area contributed by atoms with Crippen LogP contribution in [-0.4, -0.2) is 14.5 Å². The molecule has 0 unspecified atom stereocenters. The Morgan fingerprint density at radius 3 is 2.04 bits per heavy atom. The highest BCUT2D eigenvalue weighted by Crippen LogP contribution is 2.38. The largest absolute Gasteiger partial charge is 0.456 e. The fourth-order valence-corrected chi connectivity index (χ4v) is 7.02. The molecule has 4 heteroatoms. The van der Waals surface area contributed by atoms with E-state index >= 15 is 0 Å². The molecular weight excluding hydrogens is 562 g/mol. The Labute approximate surface area is 263 Å². The molecule has 0 N–H and O–H groups in total. The van der Waals surface area contributed by atoms with Gasteiger partial charge in [0.2, 0.25) is 5.95 Å². The van der Waals surface area contributed by atoms with Gasteiger partial charge >= 0.3 is 0 Å². The van der Waals surface area contributed by atoms with Crippen molar-refractivity contribution >= 4 is 65.4 Å². The molecular formula is C42H25N3O. The van der Waals surface area contributed by atoms with Crippen molar-refractivity contribution in [1.82, 2.24) is 14.5 Å². The van der Waals surface area contributed by atoms with Gasteiger partial charge in [-0.1, -0.05) is 103 Å². The van der Waals surface area contributed by atoms with Crippen LogP contribution in [0, 0.1) is 0 Å². The van der Waals surface area contributed by atoms with E-state index in [1.54, 1.807) is 0 Å². The van der Waals surface area contributed by atoms with E-state index < -0.39 is 0 Å². The van der Waals surface area contributed by atoms with Crippen molar-refractivity contribution in [2.24, 2.45) is 0 Å². The van der Waals surface area contributed by atoms with Gasteiger partial charge in [0.05, 0.1) is 16.6 Å². The standard InChI is InChI=1S/C42H25N3O/c1-4-10-36-31(7-1)25-43-42(44-36)45-37-11-5-2-9-34(37)41-32-20-17-28(23-30(32)18-21-38(41)45)26-13-15-27(16-14-26)29-19-22-40-35(24-29)33-8-3-6-12-39(33)46-40/h1-25H. The molecule has 214 valence electrons. The van der Waals surface area contributed by atoms with E-state index in [0.717, 1.165) is 43.9 Å². The van der Waals surface area contributed by atoms with Gasteiger partial charge in [0.15, 0.2) is 0 Å². The second-order valence-electron chi connectivity index (χ2n) is 11.9. The quantitative estimate of drug-likeness (QED) is 0.207. The SMILES string of the molecule is c1ccc2nc(-n3c4ccccc4c4c5ccc(-c6ccc(-c7ccc8oc9ccccc9c8c7)cc6)cc5ccc43)ncc2c1. The molecule has 7 aromatic carbocycles. The maximum absolute atomic E-state index is 6.04. The highest BCUT2D eigenvalue weighted by molar-refractivity contribution is 6.21. The first-order valence-electron chi connectivity index (χ1n) is 15.5. The van der Waals surface area contributed by atoms with E-state index in [1.165, 1.54) is 43.8 Å². The summed E-state index contributed by atoms with van der Waals surface area (Å²) in [5, 5.41) is 8.16. The summed E-state index contributed by atoms with van der Waals surface area (Å²) in [5.41, 5.74) is 9.71. The predicted octanol–water partition coefficient (Wildman–Crippen LogP) is 11.1.